The fraction of sp³-hybridized carbons (Fsp3) is 0.958. The number of rotatable bonds is 20. The van der Waals surface area contributed by atoms with E-state index in [-0.39, 0.29) is 19.8 Å². The van der Waals surface area contributed by atoms with E-state index in [0.29, 0.717) is 12.8 Å². The molecule has 0 radical (unpaired) electrons. The SMILES string of the molecule is CCC(CO)(CO)CO.CCCCCCCCCCCCCCCCCC(=O)O. The lowest BCUT2D eigenvalue weighted by atomic mass is 9.88. The van der Waals surface area contributed by atoms with E-state index in [0.717, 1.165) is 12.8 Å². The summed E-state index contributed by atoms with van der Waals surface area (Å²) in [6, 6.07) is 0. The van der Waals surface area contributed by atoms with Gasteiger partial charge in [-0.25, -0.2) is 0 Å². The van der Waals surface area contributed by atoms with Gasteiger partial charge in [0.2, 0.25) is 0 Å². The normalized spacial score (nSPS) is 11.2. The van der Waals surface area contributed by atoms with Crippen molar-refractivity contribution in [1.29, 1.82) is 0 Å². The third kappa shape index (κ3) is 21.9. The van der Waals surface area contributed by atoms with Crippen LogP contribution in [0.2, 0.25) is 0 Å². The third-order valence-electron chi connectivity index (χ3n) is 5.75. The average molecular weight is 419 g/mol. The topological polar surface area (TPSA) is 98.0 Å². The lowest BCUT2D eigenvalue weighted by Crippen LogP contribution is -2.32. The maximum Gasteiger partial charge on any atom is 0.303 e. The van der Waals surface area contributed by atoms with Crippen LogP contribution in [0, 0.1) is 5.41 Å². The first kappa shape index (κ1) is 30.5. The molecule has 29 heavy (non-hydrogen) atoms. The van der Waals surface area contributed by atoms with Gasteiger partial charge in [-0.05, 0) is 12.8 Å². The van der Waals surface area contributed by atoms with Crippen LogP contribution in [0.4, 0.5) is 0 Å². The summed E-state index contributed by atoms with van der Waals surface area (Å²) in [4.78, 5) is 10.3. The molecular weight excluding hydrogens is 368 g/mol. The summed E-state index contributed by atoms with van der Waals surface area (Å²) in [5, 5.41) is 34.5. The molecular formula is C24H50O5. The van der Waals surface area contributed by atoms with Gasteiger partial charge in [-0.3, -0.25) is 4.79 Å². The first-order chi connectivity index (χ1) is 14.0. The minimum Gasteiger partial charge on any atom is -0.481 e. The highest BCUT2D eigenvalue weighted by Crippen LogP contribution is 2.18. The van der Waals surface area contributed by atoms with Crippen LogP contribution in [-0.4, -0.2) is 46.2 Å². The van der Waals surface area contributed by atoms with Gasteiger partial charge < -0.3 is 20.4 Å². The molecule has 5 nitrogen and oxygen atoms in total. The maximum absolute atomic E-state index is 10.3. The van der Waals surface area contributed by atoms with Gasteiger partial charge in [0.15, 0.2) is 0 Å². The summed E-state index contributed by atoms with van der Waals surface area (Å²) < 4.78 is 0. The first-order valence-electron chi connectivity index (χ1n) is 12.1. The molecule has 0 aliphatic heterocycles. The molecule has 0 aromatic carbocycles. The Morgan fingerprint density at radius 3 is 1.10 bits per heavy atom. The molecule has 5 heteroatoms. The Labute approximate surface area is 179 Å². The van der Waals surface area contributed by atoms with Crippen molar-refractivity contribution in [3.8, 4) is 0 Å². The Bertz CT molecular complexity index is 312. The smallest absolute Gasteiger partial charge is 0.303 e. The minimum absolute atomic E-state index is 0.156. The van der Waals surface area contributed by atoms with Crippen molar-refractivity contribution in [2.24, 2.45) is 5.41 Å². The second-order valence-corrected chi connectivity index (χ2v) is 8.42. The van der Waals surface area contributed by atoms with Gasteiger partial charge in [0.1, 0.15) is 0 Å². The summed E-state index contributed by atoms with van der Waals surface area (Å²) in [6.07, 6.45) is 20.8. The number of aliphatic hydroxyl groups is 3. The summed E-state index contributed by atoms with van der Waals surface area (Å²) in [6.45, 7) is 3.62. The first-order valence-corrected chi connectivity index (χ1v) is 12.1. The van der Waals surface area contributed by atoms with Crippen molar-refractivity contribution in [2.75, 3.05) is 19.8 Å². The zero-order chi connectivity index (χ0) is 22.2. The Balaban J connectivity index is 0. The predicted molar refractivity (Wildman–Crippen MR) is 121 cm³/mol. The Kier molecular flexibility index (Phi) is 24.9. The molecule has 0 saturated heterocycles. The Morgan fingerprint density at radius 1 is 0.586 bits per heavy atom. The van der Waals surface area contributed by atoms with Crippen LogP contribution in [0.3, 0.4) is 0 Å². The molecule has 0 amide bonds. The zero-order valence-electron chi connectivity index (χ0n) is 19.3. The van der Waals surface area contributed by atoms with E-state index in [4.69, 9.17) is 20.4 Å². The van der Waals surface area contributed by atoms with E-state index in [9.17, 15) is 4.79 Å². The molecule has 0 aromatic rings. The van der Waals surface area contributed by atoms with Crippen LogP contribution in [0.5, 0.6) is 0 Å². The van der Waals surface area contributed by atoms with E-state index in [1.54, 1.807) is 0 Å². The van der Waals surface area contributed by atoms with Crippen LogP contribution < -0.4 is 0 Å². The third-order valence-corrected chi connectivity index (χ3v) is 5.75. The minimum atomic E-state index is -0.667. The number of carboxylic acid groups (broad SMARTS) is 1. The van der Waals surface area contributed by atoms with Crippen molar-refractivity contribution >= 4 is 5.97 Å². The van der Waals surface area contributed by atoms with Crippen molar-refractivity contribution in [1.82, 2.24) is 0 Å². The highest BCUT2D eigenvalue weighted by atomic mass is 16.4. The van der Waals surface area contributed by atoms with Gasteiger partial charge >= 0.3 is 5.97 Å². The van der Waals surface area contributed by atoms with Crippen molar-refractivity contribution in [3.63, 3.8) is 0 Å². The quantitative estimate of drug-likeness (QED) is 0.190. The lowest BCUT2D eigenvalue weighted by molar-refractivity contribution is -0.137. The molecule has 0 unspecified atom stereocenters. The van der Waals surface area contributed by atoms with Crippen LogP contribution >= 0.6 is 0 Å². The molecule has 176 valence electrons. The standard InChI is InChI=1S/C18H36O2.C6H14O3/c1-2-3-4-5-6-7-8-9-10-11-12-13-14-15-16-17-18(19)20;1-2-6(3-7,4-8)5-9/h2-17H2,1H3,(H,19,20);7-9H,2-5H2,1H3. The van der Waals surface area contributed by atoms with Crippen LogP contribution in [-0.2, 0) is 4.79 Å². The van der Waals surface area contributed by atoms with Crippen molar-refractivity contribution in [2.45, 2.75) is 123 Å². The van der Waals surface area contributed by atoms with E-state index >= 15 is 0 Å². The molecule has 0 aromatic heterocycles. The molecule has 0 aliphatic carbocycles. The summed E-state index contributed by atoms with van der Waals surface area (Å²) in [7, 11) is 0. The fourth-order valence-corrected chi connectivity index (χ4v) is 3.13. The van der Waals surface area contributed by atoms with Gasteiger partial charge in [-0.2, -0.15) is 0 Å². The highest BCUT2D eigenvalue weighted by Gasteiger charge is 2.24. The summed E-state index contributed by atoms with van der Waals surface area (Å²) >= 11 is 0. The van der Waals surface area contributed by atoms with Crippen molar-refractivity contribution in [3.05, 3.63) is 0 Å². The molecule has 0 bridgehead atoms. The number of carbonyl (C=O) groups is 1. The number of unbranched alkanes of at least 4 members (excludes halogenated alkanes) is 14. The molecule has 4 N–H and O–H groups in total. The average Bonchev–Trinajstić information content (AvgIpc) is 2.73. The monoisotopic (exact) mass is 418 g/mol. The van der Waals surface area contributed by atoms with Crippen LogP contribution in [0.25, 0.3) is 0 Å². The number of carboxylic acids is 1. The largest absolute Gasteiger partial charge is 0.481 e. The number of hydrogen-bond donors (Lipinski definition) is 4. The second kappa shape index (κ2) is 23.6. The summed E-state index contributed by atoms with van der Waals surface area (Å²) in [5.74, 6) is -0.653. The van der Waals surface area contributed by atoms with Crippen molar-refractivity contribution < 1.29 is 25.2 Å². The predicted octanol–water partition coefficient (Wildman–Crippen LogP) is 5.69. The number of aliphatic hydroxyl groups excluding tert-OH is 3. The molecule has 0 heterocycles. The summed E-state index contributed by atoms with van der Waals surface area (Å²) in [5.41, 5.74) is -0.667. The molecule has 0 fully saturated rings. The Hall–Kier alpha value is -0.650. The maximum atomic E-state index is 10.3. The number of hydrogen-bond acceptors (Lipinski definition) is 4. The van der Waals surface area contributed by atoms with Gasteiger partial charge in [0, 0.05) is 11.8 Å². The van der Waals surface area contributed by atoms with Gasteiger partial charge in [0.25, 0.3) is 0 Å². The molecule has 0 aliphatic rings. The van der Waals surface area contributed by atoms with E-state index in [1.165, 1.54) is 83.5 Å². The fourth-order valence-electron chi connectivity index (χ4n) is 3.13. The second-order valence-electron chi connectivity index (χ2n) is 8.42. The van der Waals surface area contributed by atoms with Crippen LogP contribution in [0.15, 0.2) is 0 Å². The lowest BCUT2D eigenvalue weighted by Gasteiger charge is -2.24. The number of aliphatic carboxylic acids is 1. The molecule has 0 rings (SSSR count). The van der Waals surface area contributed by atoms with Gasteiger partial charge in [-0.15, -0.1) is 0 Å². The van der Waals surface area contributed by atoms with E-state index < -0.39 is 11.4 Å². The Morgan fingerprint density at radius 2 is 0.897 bits per heavy atom. The van der Waals surface area contributed by atoms with Gasteiger partial charge in [0.05, 0.1) is 19.8 Å². The highest BCUT2D eigenvalue weighted by molar-refractivity contribution is 5.66. The van der Waals surface area contributed by atoms with E-state index in [1.807, 2.05) is 6.92 Å². The molecule has 0 spiro atoms. The van der Waals surface area contributed by atoms with Gasteiger partial charge in [-0.1, -0.05) is 104 Å². The van der Waals surface area contributed by atoms with Crippen LogP contribution in [0.1, 0.15) is 123 Å². The molecule has 0 atom stereocenters. The zero-order valence-corrected chi connectivity index (χ0v) is 19.3. The van der Waals surface area contributed by atoms with E-state index in [2.05, 4.69) is 6.92 Å². The molecule has 0 saturated carbocycles.